The Kier molecular flexibility index (Phi) is 4.10. The zero-order valence-electron chi connectivity index (χ0n) is 13.1. The van der Waals surface area contributed by atoms with Gasteiger partial charge in [-0.15, -0.1) is 0 Å². The van der Waals surface area contributed by atoms with Crippen LogP contribution in [0.5, 0.6) is 0 Å². The lowest BCUT2D eigenvalue weighted by molar-refractivity contribution is 0.588. The molecule has 0 N–H and O–H groups in total. The molecule has 8 heteroatoms. The van der Waals surface area contributed by atoms with Gasteiger partial charge in [0.2, 0.25) is 10.8 Å². The number of rotatable bonds is 3. The Bertz CT molecular complexity index is 1170. The second-order valence-corrected chi connectivity index (χ2v) is 6.30. The highest BCUT2D eigenvalue weighted by Crippen LogP contribution is 2.25. The number of fused-ring (bicyclic) bond motifs is 1. The SMILES string of the molecule is O=c1c(F)c(C=Cc2cccnc2)nc2sc(-c3ccc(F)cc3)nn12. The van der Waals surface area contributed by atoms with Crippen molar-refractivity contribution in [3.8, 4) is 10.6 Å². The summed E-state index contributed by atoms with van der Waals surface area (Å²) in [5.74, 6) is -1.36. The zero-order valence-corrected chi connectivity index (χ0v) is 14.0. The van der Waals surface area contributed by atoms with Gasteiger partial charge in [-0.3, -0.25) is 9.78 Å². The average molecular weight is 368 g/mol. The fourth-order valence-corrected chi connectivity index (χ4v) is 3.21. The molecule has 0 amide bonds. The molecule has 5 nitrogen and oxygen atoms in total. The van der Waals surface area contributed by atoms with Crippen molar-refractivity contribution >= 4 is 28.4 Å². The Morgan fingerprint density at radius 2 is 1.88 bits per heavy atom. The van der Waals surface area contributed by atoms with Gasteiger partial charge in [0, 0.05) is 18.0 Å². The molecule has 26 heavy (non-hydrogen) atoms. The molecule has 0 aliphatic carbocycles. The summed E-state index contributed by atoms with van der Waals surface area (Å²) >= 11 is 1.12. The molecular weight excluding hydrogens is 358 g/mol. The van der Waals surface area contributed by atoms with Gasteiger partial charge in [0.25, 0.3) is 0 Å². The van der Waals surface area contributed by atoms with Crippen LogP contribution in [0.25, 0.3) is 27.7 Å². The van der Waals surface area contributed by atoms with Crippen molar-refractivity contribution in [2.75, 3.05) is 0 Å². The number of pyridine rings is 1. The van der Waals surface area contributed by atoms with Crippen LogP contribution in [-0.4, -0.2) is 19.6 Å². The maximum Gasteiger partial charge on any atom is 0.311 e. The van der Waals surface area contributed by atoms with Crippen LogP contribution in [0.2, 0.25) is 0 Å². The van der Waals surface area contributed by atoms with Crippen LogP contribution in [0, 0.1) is 11.6 Å². The minimum atomic E-state index is -0.987. The molecule has 0 saturated carbocycles. The topological polar surface area (TPSA) is 60.2 Å². The van der Waals surface area contributed by atoms with Crippen molar-refractivity contribution in [1.29, 1.82) is 0 Å². The summed E-state index contributed by atoms with van der Waals surface area (Å²) in [7, 11) is 0. The lowest BCUT2D eigenvalue weighted by Gasteiger charge is -1.96. The largest absolute Gasteiger partial charge is 0.311 e. The third-order valence-electron chi connectivity index (χ3n) is 3.59. The monoisotopic (exact) mass is 368 g/mol. The molecule has 0 radical (unpaired) electrons. The molecule has 3 heterocycles. The third-order valence-corrected chi connectivity index (χ3v) is 4.55. The molecule has 0 aliphatic heterocycles. The Hall–Kier alpha value is -3.26. The van der Waals surface area contributed by atoms with Gasteiger partial charge in [0.1, 0.15) is 16.5 Å². The Labute approximate surface area is 149 Å². The molecule has 3 aromatic heterocycles. The highest BCUT2D eigenvalue weighted by atomic mass is 32.1. The van der Waals surface area contributed by atoms with E-state index >= 15 is 0 Å². The van der Waals surface area contributed by atoms with E-state index in [0.717, 1.165) is 21.4 Å². The molecule has 0 bridgehead atoms. The fourth-order valence-electron chi connectivity index (χ4n) is 2.31. The molecule has 0 spiro atoms. The first-order valence-electron chi connectivity index (χ1n) is 7.55. The first kappa shape index (κ1) is 16.2. The van der Waals surface area contributed by atoms with Crippen LogP contribution in [0.4, 0.5) is 8.78 Å². The van der Waals surface area contributed by atoms with Crippen LogP contribution < -0.4 is 5.56 Å². The molecule has 0 saturated heterocycles. The Morgan fingerprint density at radius 1 is 1.08 bits per heavy atom. The number of hydrogen-bond donors (Lipinski definition) is 0. The maximum atomic E-state index is 14.4. The van der Waals surface area contributed by atoms with Crippen molar-refractivity contribution in [1.82, 2.24) is 19.6 Å². The molecule has 4 aromatic rings. The number of nitrogens with zero attached hydrogens (tertiary/aromatic N) is 4. The Morgan fingerprint density at radius 3 is 2.62 bits per heavy atom. The van der Waals surface area contributed by atoms with E-state index in [4.69, 9.17) is 0 Å². The lowest BCUT2D eigenvalue weighted by Crippen LogP contribution is -2.20. The van der Waals surface area contributed by atoms with Gasteiger partial charge in [0.05, 0.1) is 0 Å². The van der Waals surface area contributed by atoms with E-state index in [-0.39, 0.29) is 16.5 Å². The van der Waals surface area contributed by atoms with Gasteiger partial charge in [-0.1, -0.05) is 23.5 Å². The summed E-state index contributed by atoms with van der Waals surface area (Å²) in [4.78, 5) is 20.6. The van der Waals surface area contributed by atoms with E-state index in [2.05, 4.69) is 15.1 Å². The second kappa shape index (κ2) is 6.57. The van der Waals surface area contributed by atoms with Gasteiger partial charge in [-0.2, -0.15) is 14.0 Å². The first-order chi connectivity index (χ1) is 12.6. The van der Waals surface area contributed by atoms with E-state index in [9.17, 15) is 13.6 Å². The molecule has 1 aromatic carbocycles. The summed E-state index contributed by atoms with van der Waals surface area (Å²) in [6.45, 7) is 0. The maximum absolute atomic E-state index is 14.4. The van der Waals surface area contributed by atoms with E-state index < -0.39 is 11.4 Å². The number of halogens is 2. The second-order valence-electron chi connectivity index (χ2n) is 5.34. The van der Waals surface area contributed by atoms with E-state index in [0.29, 0.717) is 10.6 Å². The van der Waals surface area contributed by atoms with Gasteiger partial charge < -0.3 is 0 Å². The summed E-state index contributed by atoms with van der Waals surface area (Å²) in [5, 5.41) is 4.54. The van der Waals surface area contributed by atoms with Crippen LogP contribution >= 0.6 is 11.3 Å². The highest BCUT2D eigenvalue weighted by molar-refractivity contribution is 7.19. The molecule has 0 atom stereocenters. The quantitative estimate of drug-likeness (QED) is 0.554. The molecule has 0 aliphatic rings. The van der Waals surface area contributed by atoms with E-state index in [1.54, 1.807) is 30.6 Å². The summed E-state index contributed by atoms with van der Waals surface area (Å²) < 4.78 is 28.3. The average Bonchev–Trinajstić information content (AvgIpc) is 3.09. The van der Waals surface area contributed by atoms with Crippen molar-refractivity contribution in [3.05, 3.63) is 82.0 Å². The smallest absolute Gasteiger partial charge is 0.264 e. The standard InChI is InChI=1S/C18H10F2N4OS/c19-13-6-4-12(5-7-13)16-23-24-17(25)15(20)14(22-18(24)26-16)8-3-11-2-1-9-21-10-11/h1-10H. The number of hydrogen-bond acceptors (Lipinski definition) is 5. The summed E-state index contributed by atoms with van der Waals surface area (Å²) in [5.41, 5.74) is 0.415. The zero-order chi connectivity index (χ0) is 18.1. The van der Waals surface area contributed by atoms with Gasteiger partial charge in [-0.25, -0.2) is 9.37 Å². The van der Waals surface area contributed by atoms with Crippen LogP contribution in [0.15, 0.2) is 53.6 Å². The minimum Gasteiger partial charge on any atom is -0.264 e. The van der Waals surface area contributed by atoms with Crippen molar-refractivity contribution < 1.29 is 8.78 Å². The molecule has 0 unspecified atom stereocenters. The van der Waals surface area contributed by atoms with Crippen LogP contribution in [0.3, 0.4) is 0 Å². The molecular formula is C18H10F2N4OS. The third kappa shape index (κ3) is 3.02. The molecule has 4 rings (SSSR count). The van der Waals surface area contributed by atoms with E-state index in [1.165, 1.54) is 30.3 Å². The van der Waals surface area contributed by atoms with Crippen molar-refractivity contribution in [2.45, 2.75) is 0 Å². The predicted molar refractivity (Wildman–Crippen MR) is 95.7 cm³/mol. The predicted octanol–water partition coefficient (Wildman–Crippen LogP) is 3.66. The van der Waals surface area contributed by atoms with Crippen molar-refractivity contribution in [2.24, 2.45) is 0 Å². The first-order valence-corrected chi connectivity index (χ1v) is 8.37. The van der Waals surface area contributed by atoms with Crippen molar-refractivity contribution in [3.63, 3.8) is 0 Å². The normalized spacial score (nSPS) is 11.5. The number of aromatic nitrogens is 4. The van der Waals surface area contributed by atoms with Gasteiger partial charge in [-0.05, 0) is 42.0 Å². The Balaban J connectivity index is 1.79. The van der Waals surface area contributed by atoms with Crippen LogP contribution in [0.1, 0.15) is 11.3 Å². The highest BCUT2D eigenvalue weighted by Gasteiger charge is 2.15. The number of benzene rings is 1. The van der Waals surface area contributed by atoms with Gasteiger partial charge >= 0.3 is 5.56 Å². The summed E-state index contributed by atoms with van der Waals surface area (Å²) in [6.07, 6.45) is 6.28. The summed E-state index contributed by atoms with van der Waals surface area (Å²) in [6, 6.07) is 9.21. The molecule has 0 fully saturated rings. The van der Waals surface area contributed by atoms with Crippen LogP contribution in [-0.2, 0) is 0 Å². The van der Waals surface area contributed by atoms with Gasteiger partial charge in [0.15, 0.2) is 0 Å². The molecule has 128 valence electrons. The van der Waals surface area contributed by atoms with E-state index in [1.807, 2.05) is 0 Å². The minimum absolute atomic E-state index is 0.0758. The lowest BCUT2D eigenvalue weighted by atomic mass is 10.2. The fraction of sp³-hybridized carbons (Fsp3) is 0.